The van der Waals surface area contributed by atoms with Crippen molar-refractivity contribution in [3.8, 4) is 11.8 Å². The number of fused-ring (bicyclic) bond motifs is 2. The molecule has 0 spiro atoms. The Labute approximate surface area is 190 Å². The van der Waals surface area contributed by atoms with Gasteiger partial charge in [-0.25, -0.2) is 5.01 Å². The molecule has 2 aromatic rings. The van der Waals surface area contributed by atoms with Crippen LogP contribution in [0.4, 0.5) is 0 Å². The summed E-state index contributed by atoms with van der Waals surface area (Å²) >= 11 is 5.96. The van der Waals surface area contributed by atoms with Crippen LogP contribution in [0.2, 0.25) is 5.02 Å². The van der Waals surface area contributed by atoms with Gasteiger partial charge in [-0.15, -0.1) is 5.10 Å². The molecular weight excluding hydrogens is 430 g/mol. The fourth-order valence-corrected chi connectivity index (χ4v) is 4.36. The van der Waals surface area contributed by atoms with E-state index in [1.165, 1.54) is 5.01 Å². The highest BCUT2D eigenvalue weighted by Crippen LogP contribution is 2.48. The minimum atomic E-state index is -0.994. The molecule has 4 atom stereocenters. The summed E-state index contributed by atoms with van der Waals surface area (Å²) < 4.78 is 12.3. The van der Waals surface area contributed by atoms with Crippen LogP contribution in [0.25, 0.3) is 0 Å². The van der Waals surface area contributed by atoms with E-state index < -0.39 is 17.8 Å². The highest BCUT2D eigenvalue weighted by molar-refractivity contribution is 6.30. The van der Waals surface area contributed by atoms with Crippen LogP contribution in [0.3, 0.4) is 0 Å². The zero-order chi connectivity index (χ0) is 22.6. The zero-order valence-corrected chi connectivity index (χ0v) is 18.4. The van der Waals surface area contributed by atoms with Crippen LogP contribution in [0.1, 0.15) is 43.1 Å². The SMILES string of the molecule is CC1(C)Oc2ccc(C#N)cc2[C@@H](OC2=NN(Cc3ccc(Cl)cc3)C(=O)[C@@H]3C[C@H]23)[C@@H]1O. The third-order valence-electron chi connectivity index (χ3n) is 6.21. The topological polar surface area (TPSA) is 95.2 Å². The Kier molecular flexibility index (Phi) is 4.88. The molecule has 5 rings (SSSR count). The van der Waals surface area contributed by atoms with E-state index in [9.17, 15) is 15.2 Å². The van der Waals surface area contributed by atoms with E-state index in [4.69, 9.17) is 21.1 Å². The summed E-state index contributed by atoms with van der Waals surface area (Å²) in [4.78, 5) is 12.8. The molecule has 2 aliphatic heterocycles. The van der Waals surface area contributed by atoms with Crippen molar-refractivity contribution < 1.29 is 19.4 Å². The number of carbonyl (C=O) groups excluding carboxylic acids is 1. The van der Waals surface area contributed by atoms with Crippen molar-refractivity contribution in [2.45, 2.75) is 44.6 Å². The van der Waals surface area contributed by atoms with Crippen LogP contribution < -0.4 is 4.74 Å². The Morgan fingerprint density at radius 1 is 1.28 bits per heavy atom. The quantitative estimate of drug-likeness (QED) is 0.765. The number of ether oxygens (including phenoxy) is 2. The van der Waals surface area contributed by atoms with E-state index >= 15 is 0 Å². The first-order valence-corrected chi connectivity index (χ1v) is 10.9. The summed E-state index contributed by atoms with van der Waals surface area (Å²) in [6.07, 6.45) is -1.10. The highest BCUT2D eigenvalue weighted by atomic mass is 35.5. The number of aliphatic hydroxyl groups is 1. The third-order valence-corrected chi connectivity index (χ3v) is 6.46. The molecule has 32 heavy (non-hydrogen) atoms. The highest BCUT2D eigenvalue weighted by Gasteiger charge is 2.55. The van der Waals surface area contributed by atoms with E-state index in [0.29, 0.717) is 40.8 Å². The van der Waals surface area contributed by atoms with Crippen LogP contribution in [0.5, 0.6) is 5.75 Å². The smallest absolute Gasteiger partial charge is 0.247 e. The molecule has 1 N–H and O–H groups in total. The van der Waals surface area contributed by atoms with Crippen molar-refractivity contribution in [3.05, 3.63) is 64.2 Å². The standard InChI is InChI=1S/C24H22ClN3O4/c1-24(2)21(29)20(18-9-14(11-26)5-8-19(18)32-24)31-22-16-10-17(16)23(30)28(27-22)12-13-3-6-15(25)7-4-13/h3-9,16-17,20-21,29H,10,12H2,1-2H3/t16-,17+,20+,21-/m0/s1. The van der Waals surface area contributed by atoms with Crippen LogP contribution in [0, 0.1) is 23.2 Å². The van der Waals surface area contributed by atoms with E-state index in [1.54, 1.807) is 44.2 Å². The molecule has 1 aliphatic carbocycles. The van der Waals surface area contributed by atoms with Gasteiger partial charge in [0.05, 0.1) is 24.1 Å². The van der Waals surface area contributed by atoms with E-state index in [1.807, 2.05) is 12.1 Å². The monoisotopic (exact) mass is 451 g/mol. The van der Waals surface area contributed by atoms with Gasteiger partial charge in [-0.2, -0.15) is 5.26 Å². The lowest BCUT2D eigenvalue weighted by Crippen LogP contribution is -2.50. The van der Waals surface area contributed by atoms with Crippen LogP contribution >= 0.6 is 11.6 Å². The summed E-state index contributed by atoms with van der Waals surface area (Å²) in [6, 6.07) is 14.4. The van der Waals surface area contributed by atoms with Crippen LogP contribution in [-0.2, 0) is 16.1 Å². The van der Waals surface area contributed by atoms with E-state index in [0.717, 1.165) is 5.56 Å². The van der Waals surface area contributed by atoms with Gasteiger partial charge >= 0.3 is 0 Å². The average molecular weight is 452 g/mol. The summed E-state index contributed by atoms with van der Waals surface area (Å²) in [6.45, 7) is 3.88. The van der Waals surface area contributed by atoms with Gasteiger partial charge in [0.2, 0.25) is 11.8 Å². The van der Waals surface area contributed by atoms with Crippen molar-refractivity contribution in [1.29, 1.82) is 5.26 Å². The molecule has 1 amide bonds. The molecule has 1 saturated carbocycles. The van der Waals surface area contributed by atoms with Crippen molar-refractivity contribution in [1.82, 2.24) is 5.01 Å². The molecule has 8 heteroatoms. The lowest BCUT2D eigenvalue weighted by atomic mass is 9.87. The van der Waals surface area contributed by atoms with Gasteiger partial charge in [0, 0.05) is 16.5 Å². The predicted octanol–water partition coefficient (Wildman–Crippen LogP) is 3.79. The molecule has 0 aromatic heterocycles. The Balaban J connectivity index is 1.46. The molecule has 0 radical (unpaired) electrons. The molecule has 0 bridgehead atoms. The lowest BCUT2D eigenvalue weighted by molar-refractivity contribution is -0.135. The van der Waals surface area contributed by atoms with Gasteiger partial charge in [-0.05, 0) is 56.2 Å². The second kappa shape index (κ2) is 7.51. The van der Waals surface area contributed by atoms with Gasteiger partial charge in [-0.1, -0.05) is 23.7 Å². The van der Waals surface area contributed by atoms with Gasteiger partial charge in [0.25, 0.3) is 0 Å². The molecule has 0 unspecified atom stereocenters. The summed E-state index contributed by atoms with van der Waals surface area (Å²) in [5.41, 5.74) is 1.04. The molecule has 3 aliphatic rings. The zero-order valence-electron chi connectivity index (χ0n) is 17.7. The maximum absolute atomic E-state index is 12.8. The summed E-state index contributed by atoms with van der Waals surface area (Å²) in [7, 11) is 0. The summed E-state index contributed by atoms with van der Waals surface area (Å²) in [5, 5.41) is 26.9. The third kappa shape index (κ3) is 3.60. The first kappa shape index (κ1) is 20.8. The van der Waals surface area contributed by atoms with Gasteiger partial charge < -0.3 is 14.6 Å². The maximum atomic E-state index is 12.8. The number of nitriles is 1. The predicted molar refractivity (Wildman–Crippen MR) is 117 cm³/mol. The molecule has 0 saturated heterocycles. The average Bonchev–Trinajstić information content (AvgIpc) is 3.57. The number of aliphatic hydroxyl groups excluding tert-OH is 1. The van der Waals surface area contributed by atoms with Crippen molar-refractivity contribution in [3.63, 3.8) is 0 Å². The lowest BCUT2D eigenvalue weighted by Gasteiger charge is -2.42. The molecule has 2 heterocycles. The van der Waals surface area contributed by atoms with E-state index in [-0.39, 0.29) is 17.7 Å². The Morgan fingerprint density at radius 2 is 2.03 bits per heavy atom. The fourth-order valence-electron chi connectivity index (χ4n) is 4.23. The molecular formula is C24H22ClN3O4. The first-order valence-electron chi connectivity index (χ1n) is 10.5. The Bertz CT molecular complexity index is 1150. The number of rotatable bonds is 3. The number of carbonyl (C=O) groups is 1. The van der Waals surface area contributed by atoms with Gasteiger partial charge in [0.1, 0.15) is 17.5 Å². The number of nitrogens with zero attached hydrogens (tertiary/aromatic N) is 3. The number of hydrogen-bond donors (Lipinski definition) is 1. The number of hydrogen-bond acceptors (Lipinski definition) is 6. The van der Waals surface area contributed by atoms with Crippen molar-refractivity contribution in [2.75, 3.05) is 0 Å². The Hall–Kier alpha value is -3.08. The largest absolute Gasteiger partial charge is 0.485 e. The summed E-state index contributed by atoms with van der Waals surface area (Å²) in [5.74, 6) is 0.701. The number of halogens is 1. The van der Waals surface area contributed by atoms with Gasteiger partial charge in [0.15, 0.2) is 6.10 Å². The molecule has 1 fully saturated rings. The minimum absolute atomic E-state index is 0.0303. The maximum Gasteiger partial charge on any atom is 0.247 e. The number of benzene rings is 2. The number of hydrazone groups is 1. The second-order valence-corrected chi connectivity index (χ2v) is 9.40. The Morgan fingerprint density at radius 3 is 2.75 bits per heavy atom. The molecule has 164 valence electrons. The van der Waals surface area contributed by atoms with Gasteiger partial charge in [-0.3, -0.25) is 4.79 Å². The van der Waals surface area contributed by atoms with E-state index in [2.05, 4.69) is 11.2 Å². The second-order valence-electron chi connectivity index (χ2n) is 8.96. The minimum Gasteiger partial charge on any atom is -0.485 e. The van der Waals surface area contributed by atoms with Crippen molar-refractivity contribution >= 4 is 23.4 Å². The molecule has 7 nitrogen and oxygen atoms in total. The van der Waals surface area contributed by atoms with Crippen LogP contribution in [0.15, 0.2) is 47.6 Å². The first-order chi connectivity index (χ1) is 15.3. The van der Waals surface area contributed by atoms with Crippen LogP contribution in [-0.4, -0.2) is 33.6 Å². The van der Waals surface area contributed by atoms with Crippen molar-refractivity contribution in [2.24, 2.45) is 16.9 Å². The normalized spacial score (nSPS) is 27.4. The number of amides is 1. The molecule has 2 aromatic carbocycles. The fraction of sp³-hybridized carbons (Fsp3) is 0.375.